The van der Waals surface area contributed by atoms with Gasteiger partial charge >= 0.3 is 0 Å². The highest BCUT2D eigenvalue weighted by Gasteiger charge is 2.33. The summed E-state index contributed by atoms with van der Waals surface area (Å²) in [6, 6.07) is 13.7. The van der Waals surface area contributed by atoms with Crippen LogP contribution in [-0.4, -0.2) is 37.5 Å². The van der Waals surface area contributed by atoms with E-state index in [1.165, 1.54) is 23.0 Å². The van der Waals surface area contributed by atoms with Gasteiger partial charge in [-0.25, -0.2) is 9.37 Å². The van der Waals surface area contributed by atoms with E-state index in [1.54, 1.807) is 12.1 Å². The Hall–Kier alpha value is -4.14. The first-order valence-corrected chi connectivity index (χ1v) is 10.6. The van der Waals surface area contributed by atoms with E-state index >= 15 is 0 Å². The van der Waals surface area contributed by atoms with Crippen molar-refractivity contribution in [3.63, 3.8) is 0 Å². The Morgan fingerprint density at radius 2 is 1.91 bits per heavy atom. The predicted molar refractivity (Wildman–Crippen MR) is 120 cm³/mol. The maximum atomic E-state index is 13.3. The summed E-state index contributed by atoms with van der Waals surface area (Å²) in [5.74, 6) is 0.915. The van der Waals surface area contributed by atoms with Crippen LogP contribution >= 0.6 is 0 Å². The molecule has 0 aliphatic carbocycles. The summed E-state index contributed by atoms with van der Waals surface area (Å²) in [7, 11) is 0. The number of aryl methyl sites for hydroxylation is 1. The maximum Gasteiger partial charge on any atom is 0.272 e. The predicted octanol–water partition coefficient (Wildman–Crippen LogP) is 4.04. The molecular formula is C24H21FN6O2. The lowest BCUT2D eigenvalue weighted by Gasteiger charge is -2.24. The Morgan fingerprint density at radius 1 is 1.15 bits per heavy atom. The van der Waals surface area contributed by atoms with E-state index in [4.69, 9.17) is 4.74 Å². The van der Waals surface area contributed by atoms with Crippen LogP contribution in [0.5, 0.6) is 5.75 Å². The van der Waals surface area contributed by atoms with Crippen molar-refractivity contribution in [2.45, 2.75) is 26.2 Å². The smallest absolute Gasteiger partial charge is 0.272 e. The van der Waals surface area contributed by atoms with Crippen molar-refractivity contribution in [3.05, 3.63) is 77.4 Å². The molecule has 0 bridgehead atoms. The maximum absolute atomic E-state index is 13.3. The fourth-order valence-corrected chi connectivity index (χ4v) is 4.08. The molecule has 0 saturated carbocycles. The molecular weight excluding hydrogens is 423 g/mol. The third kappa shape index (κ3) is 3.93. The van der Waals surface area contributed by atoms with Gasteiger partial charge in [0.25, 0.3) is 5.95 Å². The largest absolute Gasteiger partial charge is 0.494 e. The number of amides is 1. The van der Waals surface area contributed by atoms with Crippen molar-refractivity contribution < 1.29 is 13.9 Å². The van der Waals surface area contributed by atoms with Gasteiger partial charge in [-0.05, 0) is 55.8 Å². The van der Waals surface area contributed by atoms with Crippen LogP contribution in [0.1, 0.15) is 36.1 Å². The molecule has 0 fully saturated rings. The summed E-state index contributed by atoms with van der Waals surface area (Å²) in [5.41, 5.74) is 3.89. The summed E-state index contributed by atoms with van der Waals surface area (Å²) in [6.07, 6.45) is 1.81. The molecule has 3 heterocycles. The first-order valence-electron chi connectivity index (χ1n) is 10.6. The van der Waals surface area contributed by atoms with E-state index in [0.717, 1.165) is 22.6 Å². The number of fused-ring (bicyclic) bond motifs is 1. The highest BCUT2D eigenvalue weighted by atomic mass is 19.1. The number of rotatable bonds is 5. The summed E-state index contributed by atoms with van der Waals surface area (Å²) < 4.78 is 20.3. The van der Waals surface area contributed by atoms with Crippen LogP contribution in [0.2, 0.25) is 0 Å². The summed E-state index contributed by atoms with van der Waals surface area (Å²) >= 11 is 0. The van der Waals surface area contributed by atoms with Gasteiger partial charge < -0.3 is 10.1 Å². The number of halogens is 1. The van der Waals surface area contributed by atoms with Crippen LogP contribution in [0, 0.1) is 12.7 Å². The second kappa shape index (κ2) is 8.42. The van der Waals surface area contributed by atoms with E-state index < -0.39 is 0 Å². The molecule has 0 saturated heterocycles. The Morgan fingerprint density at radius 3 is 2.64 bits per heavy atom. The molecule has 9 heteroatoms. The van der Waals surface area contributed by atoms with Crippen molar-refractivity contribution in [2.75, 3.05) is 11.9 Å². The normalized spacial score (nSPS) is 15.1. The first-order chi connectivity index (χ1) is 16.0. The number of carbonyl (C=O) groups excluding carboxylic acids is 1. The summed E-state index contributed by atoms with van der Waals surface area (Å²) in [4.78, 5) is 17.2. The number of hydrogen-bond donors (Lipinski definition) is 1. The second-order valence-electron chi connectivity index (χ2n) is 7.71. The van der Waals surface area contributed by atoms with Gasteiger partial charge in [0.1, 0.15) is 17.4 Å². The Balaban J connectivity index is 1.56. The zero-order valence-corrected chi connectivity index (χ0v) is 18.1. The SMILES string of the molecule is CCOc1ccc(C2CC(=O)Nc3c2c(C)nn3-c2nncc(-c3ccc(F)cc3)n2)cc1. The van der Waals surface area contributed by atoms with Crippen molar-refractivity contribution in [3.8, 4) is 23.0 Å². The van der Waals surface area contributed by atoms with Crippen molar-refractivity contribution >= 4 is 11.7 Å². The second-order valence-corrected chi connectivity index (χ2v) is 7.71. The summed E-state index contributed by atoms with van der Waals surface area (Å²) in [6.45, 7) is 4.42. The van der Waals surface area contributed by atoms with E-state index in [9.17, 15) is 9.18 Å². The number of nitrogens with zero attached hydrogens (tertiary/aromatic N) is 5. The number of anilines is 1. The number of benzene rings is 2. The molecule has 1 unspecified atom stereocenters. The van der Waals surface area contributed by atoms with E-state index in [0.29, 0.717) is 30.1 Å². The molecule has 1 aliphatic rings. The topological polar surface area (TPSA) is 94.8 Å². The molecule has 1 aliphatic heterocycles. The lowest BCUT2D eigenvalue weighted by molar-refractivity contribution is -0.116. The quantitative estimate of drug-likeness (QED) is 0.499. The molecule has 1 N–H and O–H groups in total. The average molecular weight is 444 g/mol. The Bertz CT molecular complexity index is 1320. The number of aromatic nitrogens is 5. The molecule has 1 amide bonds. The molecule has 8 nitrogen and oxygen atoms in total. The first kappa shape index (κ1) is 20.7. The molecule has 1 atom stereocenters. The van der Waals surface area contributed by atoms with Crippen LogP contribution in [0.3, 0.4) is 0 Å². The average Bonchev–Trinajstić information content (AvgIpc) is 3.16. The summed E-state index contributed by atoms with van der Waals surface area (Å²) in [5, 5.41) is 15.7. The molecule has 166 valence electrons. The Kier molecular flexibility index (Phi) is 5.29. The van der Waals surface area contributed by atoms with E-state index in [1.807, 2.05) is 38.1 Å². The van der Waals surface area contributed by atoms with Crippen molar-refractivity contribution in [1.82, 2.24) is 25.0 Å². The molecule has 5 rings (SSSR count). The lowest BCUT2D eigenvalue weighted by atomic mass is 9.86. The molecule has 2 aromatic carbocycles. The van der Waals surface area contributed by atoms with Gasteiger partial charge in [0, 0.05) is 23.5 Å². The van der Waals surface area contributed by atoms with E-state index in [-0.39, 0.29) is 23.6 Å². The number of carbonyl (C=O) groups is 1. The van der Waals surface area contributed by atoms with Gasteiger partial charge in [0.05, 0.1) is 24.2 Å². The number of hydrogen-bond acceptors (Lipinski definition) is 6. The third-order valence-corrected chi connectivity index (χ3v) is 5.57. The zero-order valence-electron chi connectivity index (χ0n) is 18.1. The minimum Gasteiger partial charge on any atom is -0.494 e. The van der Waals surface area contributed by atoms with E-state index in [2.05, 4.69) is 25.6 Å². The Labute approximate surface area is 189 Å². The van der Waals surface area contributed by atoms with Gasteiger partial charge in [0.15, 0.2) is 0 Å². The zero-order chi connectivity index (χ0) is 22.9. The van der Waals surface area contributed by atoms with Gasteiger partial charge in [-0.2, -0.15) is 14.9 Å². The fraction of sp³-hybridized carbons (Fsp3) is 0.208. The van der Waals surface area contributed by atoms with Crippen LogP contribution < -0.4 is 10.1 Å². The molecule has 33 heavy (non-hydrogen) atoms. The van der Waals surface area contributed by atoms with Crippen LogP contribution in [0.4, 0.5) is 10.2 Å². The standard InChI is InChI=1S/C24H21FN6O2/c1-3-33-18-10-6-15(7-11-18)19-12-21(32)28-23-22(19)14(2)30-31(23)24-27-20(13-26-29-24)16-4-8-17(25)9-5-16/h4-11,13,19H,3,12H2,1-2H3,(H,28,32). The highest BCUT2D eigenvalue weighted by Crippen LogP contribution is 2.40. The van der Waals surface area contributed by atoms with Gasteiger partial charge in [-0.3, -0.25) is 4.79 Å². The third-order valence-electron chi connectivity index (χ3n) is 5.57. The minimum absolute atomic E-state index is 0.120. The number of ether oxygens (including phenoxy) is 1. The highest BCUT2D eigenvalue weighted by molar-refractivity contribution is 5.95. The minimum atomic E-state index is -0.333. The van der Waals surface area contributed by atoms with Crippen LogP contribution in [-0.2, 0) is 4.79 Å². The molecule has 4 aromatic rings. The molecule has 0 radical (unpaired) electrons. The number of nitrogens with one attached hydrogen (secondary N) is 1. The molecule has 0 spiro atoms. The van der Waals surface area contributed by atoms with Gasteiger partial charge in [-0.1, -0.05) is 12.1 Å². The van der Waals surface area contributed by atoms with Crippen molar-refractivity contribution in [2.24, 2.45) is 0 Å². The monoisotopic (exact) mass is 444 g/mol. The van der Waals surface area contributed by atoms with Crippen LogP contribution in [0.15, 0.2) is 54.7 Å². The van der Waals surface area contributed by atoms with Crippen molar-refractivity contribution in [1.29, 1.82) is 0 Å². The lowest BCUT2D eigenvalue weighted by Crippen LogP contribution is -2.25. The fourth-order valence-electron chi connectivity index (χ4n) is 4.08. The van der Waals surface area contributed by atoms with Gasteiger partial charge in [-0.15, -0.1) is 5.10 Å². The van der Waals surface area contributed by atoms with Gasteiger partial charge in [0.2, 0.25) is 5.91 Å². The molecule has 2 aromatic heterocycles. The van der Waals surface area contributed by atoms with Crippen LogP contribution in [0.25, 0.3) is 17.2 Å².